The molecule has 1 aliphatic heterocycles. The fourth-order valence-electron chi connectivity index (χ4n) is 13.8. The van der Waals surface area contributed by atoms with E-state index in [-0.39, 0.29) is 18.3 Å². The van der Waals surface area contributed by atoms with Crippen LogP contribution in [0.1, 0.15) is 27.7 Å². The molecule has 0 unspecified atom stereocenters. The van der Waals surface area contributed by atoms with Crippen molar-refractivity contribution in [3.05, 3.63) is 369 Å². The van der Waals surface area contributed by atoms with E-state index in [9.17, 15) is 0 Å². The van der Waals surface area contributed by atoms with E-state index in [0.29, 0.717) is 34.9 Å². The van der Waals surface area contributed by atoms with Crippen LogP contribution in [0, 0.1) is 0 Å². The third-order valence-corrected chi connectivity index (χ3v) is 21.2. The molecule has 1 aliphatic rings. The first-order valence-corrected chi connectivity index (χ1v) is 37.6. The fraction of sp³-hybridized carbons (Fsp3) is 0.0612. The van der Waals surface area contributed by atoms with E-state index in [1.165, 1.54) is 65.3 Å². The van der Waals surface area contributed by atoms with Gasteiger partial charge in [0.1, 0.15) is 0 Å². The largest absolute Gasteiger partial charge is 0.494 e. The van der Waals surface area contributed by atoms with Crippen LogP contribution in [0.5, 0.6) is 0 Å². The Morgan fingerprint density at radius 1 is 0.236 bits per heavy atom. The molecule has 110 heavy (non-hydrogen) atoms. The second-order valence-electron chi connectivity index (χ2n) is 28.3. The maximum atomic E-state index is 6.15. The molecule has 4 aromatic heterocycles. The first kappa shape index (κ1) is 69.9. The quantitative estimate of drug-likeness (QED) is 0.0863. The van der Waals surface area contributed by atoms with Gasteiger partial charge in [0.2, 0.25) is 0 Å². The first-order valence-electron chi connectivity index (χ1n) is 36.8. The molecule has 19 rings (SSSR count). The zero-order valence-corrected chi connectivity index (χ0v) is 62.6. The minimum Gasteiger partial charge on any atom is -0.399 e. The molecule has 526 valence electrons. The van der Waals surface area contributed by atoms with Crippen LogP contribution < -0.4 is 5.46 Å². The van der Waals surface area contributed by atoms with Crippen LogP contribution in [-0.2, 0) is 9.31 Å². The van der Waals surface area contributed by atoms with Gasteiger partial charge >= 0.3 is 7.12 Å². The summed E-state index contributed by atoms with van der Waals surface area (Å²) in [6, 6.07) is 117. The highest BCUT2D eigenvalue weighted by molar-refractivity contribution is 9.10. The zero-order valence-electron chi connectivity index (χ0n) is 61.0. The average Bonchev–Trinajstić information content (AvgIpc) is 1.62. The van der Waals surface area contributed by atoms with Crippen molar-refractivity contribution in [2.45, 2.75) is 38.9 Å². The molecular weight excluding hydrogens is 1410 g/mol. The van der Waals surface area contributed by atoms with Gasteiger partial charge in [-0.05, 0) is 151 Å². The monoisotopic (exact) mass is 1480 g/mol. The third kappa shape index (κ3) is 15.0. The molecule has 10 nitrogen and oxygen atoms in total. The van der Waals surface area contributed by atoms with E-state index < -0.39 is 0 Å². The fourth-order valence-corrected chi connectivity index (χ4v) is 14.1. The van der Waals surface area contributed by atoms with Crippen molar-refractivity contribution in [3.8, 4) is 124 Å². The van der Waals surface area contributed by atoms with Crippen molar-refractivity contribution < 1.29 is 9.31 Å². The van der Waals surface area contributed by atoms with Gasteiger partial charge in [0.15, 0.2) is 34.9 Å². The maximum absolute atomic E-state index is 6.15. The first-order chi connectivity index (χ1) is 53.8. The third-order valence-electron chi connectivity index (χ3n) is 20.7. The van der Waals surface area contributed by atoms with E-state index in [1.54, 1.807) is 0 Å². The Morgan fingerprint density at radius 3 is 0.836 bits per heavy atom. The highest BCUT2D eigenvalue weighted by Gasteiger charge is 2.51. The Morgan fingerprint density at radius 2 is 0.491 bits per heavy atom. The Hall–Kier alpha value is -13.1. The van der Waals surface area contributed by atoms with Crippen molar-refractivity contribution in [3.63, 3.8) is 0 Å². The number of fused-ring (bicyclic) bond motifs is 6. The summed E-state index contributed by atoms with van der Waals surface area (Å²) < 4.78 is 13.4. The molecule has 12 heteroatoms. The summed E-state index contributed by atoms with van der Waals surface area (Å²) in [6.07, 6.45) is 7.54. The predicted octanol–water partition coefficient (Wildman–Crippen LogP) is 24.2. The van der Waals surface area contributed by atoms with Gasteiger partial charge in [0, 0.05) is 73.4 Å². The summed E-state index contributed by atoms with van der Waals surface area (Å²) >= 11 is 3.51. The lowest BCUT2D eigenvalue weighted by Gasteiger charge is -2.32. The van der Waals surface area contributed by atoms with E-state index in [2.05, 4.69) is 314 Å². The van der Waals surface area contributed by atoms with Gasteiger partial charge in [0.05, 0.1) is 11.2 Å². The van der Waals surface area contributed by atoms with Gasteiger partial charge in [-0.3, -0.25) is 9.97 Å². The summed E-state index contributed by atoms with van der Waals surface area (Å²) in [4.78, 5) is 38.0. The van der Waals surface area contributed by atoms with Crippen LogP contribution in [0.15, 0.2) is 369 Å². The number of aromatic nitrogens is 8. The zero-order chi connectivity index (χ0) is 74.6. The van der Waals surface area contributed by atoms with E-state index in [0.717, 1.165) is 76.7 Å². The van der Waals surface area contributed by atoms with Crippen molar-refractivity contribution in [1.82, 2.24) is 39.9 Å². The number of halogens is 1. The van der Waals surface area contributed by atoms with Crippen LogP contribution in [0.25, 0.3) is 167 Å². The van der Waals surface area contributed by atoms with Gasteiger partial charge < -0.3 is 9.31 Å². The van der Waals surface area contributed by atoms with E-state index in [4.69, 9.17) is 39.2 Å². The lowest BCUT2D eigenvalue weighted by molar-refractivity contribution is 0.00578. The molecule has 0 saturated carbocycles. The van der Waals surface area contributed by atoms with Gasteiger partial charge in [0.25, 0.3) is 0 Å². The van der Waals surface area contributed by atoms with E-state index >= 15 is 0 Å². The summed E-state index contributed by atoms with van der Waals surface area (Å²) in [5, 5.41) is 9.58. The average molecular weight is 1480 g/mol. The SMILES string of the molecule is Brc1ccc(-c2ccc(-c3nc(-c4ccccc4)nc(-c4ccc(-c5ccccc5)cc4)n3)cc2)cc1.CC1(C)OB(c2ccc3c(ccc4ccncc43)c2)OC1(C)C.c1ccc(-c2ccc(-c3nc(-c4ccccc4)nc(-c4ccc(-c5ccc(-c6ccc7c(ccc8ccncc87)c6)cc5)cc4)n3)cc2)cc1. The Kier molecular flexibility index (Phi) is 19.5. The van der Waals surface area contributed by atoms with Crippen molar-refractivity contribution in [2.24, 2.45) is 0 Å². The minimum atomic E-state index is -0.325. The van der Waals surface area contributed by atoms with Gasteiger partial charge in [-0.25, -0.2) is 29.9 Å². The van der Waals surface area contributed by atoms with Crippen molar-refractivity contribution >= 4 is 71.6 Å². The molecule has 0 N–H and O–H groups in total. The molecule has 0 radical (unpaired) electrons. The molecule has 0 atom stereocenters. The predicted molar refractivity (Wildman–Crippen MR) is 455 cm³/mol. The number of rotatable bonds is 12. The van der Waals surface area contributed by atoms with Crippen LogP contribution in [0.4, 0.5) is 0 Å². The number of benzene rings is 14. The Balaban J connectivity index is 0.000000129. The summed E-state index contributed by atoms with van der Waals surface area (Å²) in [5.74, 6) is 3.90. The maximum Gasteiger partial charge on any atom is 0.494 e. The highest BCUT2D eigenvalue weighted by Crippen LogP contribution is 2.39. The summed E-state index contributed by atoms with van der Waals surface area (Å²) in [7, 11) is -0.325. The Labute approximate surface area is 648 Å². The molecule has 0 aliphatic carbocycles. The summed E-state index contributed by atoms with van der Waals surface area (Å²) in [6.45, 7) is 8.31. The molecule has 1 fully saturated rings. The molecule has 14 aromatic carbocycles. The highest BCUT2D eigenvalue weighted by atomic mass is 79.9. The minimum absolute atomic E-state index is 0.320. The van der Waals surface area contributed by atoms with Crippen LogP contribution in [0.3, 0.4) is 0 Å². The number of nitrogens with zero attached hydrogens (tertiary/aromatic N) is 8. The number of pyridine rings is 2. The number of hydrogen-bond donors (Lipinski definition) is 0. The number of hydrogen-bond acceptors (Lipinski definition) is 10. The molecule has 18 aromatic rings. The van der Waals surface area contributed by atoms with Crippen LogP contribution >= 0.6 is 15.9 Å². The molecule has 1 saturated heterocycles. The summed E-state index contributed by atoms with van der Waals surface area (Å²) in [5.41, 5.74) is 17.7. The second kappa shape index (κ2) is 30.6. The lowest BCUT2D eigenvalue weighted by atomic mass is 9.78. The topological polar surface area (TPSA) is 122 Å². The van der Waals surface area contributed by atoms with Crippen molar-refractivity contribution in [1.29, 1.82) is 0 Å². The molecule has 5 heterocycles. The van der Waals surface area contributed by atoms with E-state index in [1.807, 2.05) is 104 Å². The second-order valence-corrected chi connectivity index (χ2v) is 29.2. The molecule has 0 amide bonds. The van der Waals surface area contributed by atoms with Gasteiger partial charge in [-0.2, -0.15) is 0 Å². The van der Waals surface area contributed by atoms with Gasteiger partial charge in [-0.15, -0.1) is 0 Å². The van der Waals surface area contributed by atoms with Gasteiger partial charge in [-0.1, -0.05) is 325 Å². The molecule has 0 bridgehead atoms. The molecule has 0 spiro atoms. The molecular formula is C98H72BBrN8O2. The normalized spacial score (nSPS) is 12.8. The van der Waals surface area contributed by atoms with Crippen LogP contribution in [-0.4, -0.2) is 58.2 Å². The van der Waals surface area contributed by atoms with Crippen LogP contribution in [0.2, 0.25) is 0 Å². The lowest BCUT2D eigenvalue weighted by Crippen LogP contribution is -2.41. The Bertz CT molecular complexity index is 6290. The van der Waals surface area contributed by atoms with Crippen molar-refractivity contribution in [2.75, 3.05) is 0 Å². The standard InChI is InChI=1S/C46H30N4.C33H22BrN3.C19H20BNO2/c1-3-7-31(8-4-1)32-15-20-38(21-16-32)45-48-44(37-9-5-2-6-10-37)49-46(50-45)39-22-17-34(18-23-39)33-11-13-35(14-12-33)40-25-26-42-41(29-40)24-19-36-27-28-47-30-43(36)42;34-30-21-19-26(20-22-30)25-13-17-29(18-14-25)33-36-31(27-9-5-2-6-10-27)35-32(37-33)28-15-11-24(12-16-28)23-7-3-1-4-8-23;1-18(2)19(3,4)23-20(22-18)15-7-8-16-14(11-15)6-5-13-9-10-21-12-17(13)16/h1-30H;1-22H;5-12H,1-4H3. The smallest absolute Gasteiger partial charge is 0.399 e.